The fourth-order valence-electron chi connectivity index (χ4n) is 3.47. The van der Waals surface area contributed by atoms with Gasteiger partial charge in [0.05, 0.1) is 17.6 Å². The van der Waals surface area contributed by atoms with Crippen LogP contribution in [0.3, 0.4) is 0 Å². The molecule has 1 unspecified atom stereocenters. The van der Waals surface area contributed by atoms with E-state index < -0.39 is 16.9 Å². The van der Waals surface area contributed by atoms with Crippen molar-refractivity contribution in [3.05, 3.63) is 75.5 Å². The van der Waals surface area contributed by atoms with E-state index in [1.165, 1.54) is 12.1 Å². The molecule has 0 saturated heterocycles. The predicted molar refractivity (Wildman–Crippen MR) is 109 cm³/mol. The number of hydrogen-bond donors (Lipinski definition) is 2. The van der Waals surface area contributed by atoms with E-state index in [4.69, 9.17) is 10.5 Å². The van der Waals surface area contributed by atoms with Crippen molar-refractivity contribution in [2.75, 3.05) is 12.4 Å². The first kappa shape index (κ1) is 19.1. The first-order valence-corrected chi connectivity index (χ1v) is 9.02. The summed E-state index contributed by atoms with van der Waals surface area (Å²) in [5, 5.41) is 18.7. The van der Waals surface area contributed by atoms with Crippen LogP contribution in [0.1, 0.15) is 18.5 Å². The molecule has 3 aromatic rings. The molecule has 0 fully saturated rings. The minimum Gasteiger partial charge on any atom is -0.497 e. The standard InChI is InChI=1S/C20H18N6O4/c1-11-16(18(21)27)17(12-5-4-8-15(10-12)30-2)25-20(22-11)23-19(24-25)13-6-3-7-14(9-13)26(28)29/h3-10,17H,1-2H3,(H2,21,27)(H,22,23,24). The van der Waals surface area contributed by atoms with E-state index in [1.54, 1.807) is 43.0 Å². The molecule has 2 aromatic carbocycles. The number of carbonyl (C=O) groups is 1. The van der Waals surface area contributed by atoms with Crippen molar-refractivity contribution in [3.8, 4) is 17.1 Å². The monoisotopic (exact) mass is 406 g/mol. The van der Waals surface area contributed by atoms with Crippen LogP contribution in [0.5, 0.6) is 5.75 Å². The number of nitrogens with zero attached hydrogens (tertiary/aromatic N) is 4. The second kappa shape index (κ2) is 7.32. The zero-order valence-electron chi connectivity index (χ0n) is 16.2. The highest BCUT2D eigenvalue weighted by atomic mass is 16.6. The average Bonchev–Trinajstić information content (AvgIpc) is 3.16. The van der Waals surface area contributed by atoms with Crippen molar-refractivity contribution >= 4 is 17.5 Å². The summed E-state index contributed by atoms with van der Waals surface area (Å²) < 4.78 is 6.86. The minimum atomic E-state index is -0.631. The number of primary amides is 1. The normalized spacial score (nSPS) is 15.3. The van der Waals surface area contributed by atoms with Gasteiger partial charge in [0, 0.05) is 23.4 Å². The van der Waals surface area contributed by atoms with Gasteiger partial charge in [0.1, 0.15) is 11.8 Å². The van der Waals surface area contributed by atoms with Crippen LogP contribution >= 0.6 is 0 Å². The first-order chi connectivity index (χ1) is 14.4. The number of nitro benzene ring substituents is 1. The van der Waals surface area contributed by atoms with E-state index in [-0.39, 0.29) is 11.5 Å². The number of aromatic nitrogens is 3. The van der Waals surface area contributed by atoms with Gasteiger partial charge in [-0.15, -0.1) is 5.10 Å². The van der Waals surface area contributed by atoms with Crippen LogP contribution in [0.4, 0.5) is 11.6 Å². The van der Waals surface area contributed by atoms with Crippen LogP contribution in [0.25, 0.3) is 11.4 Å². The van der Waals surface area contributed by atoms with Gasteiger partial charge in [-0.05, 0) is 24.6 Å². The van der Waals surface area contributed by atoms with Crippen LogP contribution in [0, 0.1) is 10.1 Å². The third kappa shape index (κ3) is 3.24. The Bertz CT molecular complexity index is 1200. The molecule has 1 amide bonds. The highest BCUT2D eigenvalue weighted by Gasteiger charge is 2.33. The Hall–Kier alpha value is -4.21. The van der Waals surface area contributed by atoms with Crippen LogP contribution in [0.2, 0.25) is 0 Å². The molecule has 0 aliphatic carbocycles. The van der Waals surface area contributed by atoms with Crippen molar-refractivity contribution in [1.29, 1.82) is 0 Å². The molecular weight excluding hydrogens is 388 g/mol. The topological polar surface area (TPSA) is 138 Å². The molecular formula is C20H18N6O4. The number of carbonyl (C=O) groups excluding carboxylic acids is 1. The van der Waals surface area contributed by atoms with Crippen molar-refractivity contribution < 1.29 is 14.5 Å². The van der Waals surface area contributed by atoms with E-state index in [1.807, 2.05) is 12.1 Å². The summed E-state index contributed by atoms with van der Waals surface area (Å²) >= 11 is 0. The number of benzene rings is 2. The number of anilines is 1. The lowest BCUT2D eigenvalue weighted by Crippen LogP contribution is -2.31. The van der Waals surface area contributed by atoms with E-state index in [0.717, 1.165) is 5.56 Å². The number of non-ortho nitro benzene ring substituents is 1. The molecule has 0 radical (unpaired) electrons. The van der Waals surface area contributed by atoms with E-state index in [9.17, 15) is 14.9 Å². The molecule has 10 nitrogen and oxygen atoms in total. The van der Waals surface area contributed by atoms with Gasteiger partial charge in [-0.1, -0.05) is 24.3 Å². The summed E-state index contributed by atoms with van der Waals surface area (Å²) in [6.45, 7) is 1.73. The Labute approximate surface area is 171 Å². The van der Waals surface area contributed by atoms with E-state index >= 15 is 0 Å². The number of nitrogens with one attached hydrogen (secondary N) is 1. The number of hydrogen-bond acceptors (Lipinski definition) is 7. The van der Waals surface area contributed by atoms with E-state index in [0.29, 0.717) is 28.5 Å². The number of methoxy groups -OCH3 is 1. The number of ether oxygens (including phenoxy) is 1. The third-order valence-corrected chi connectivity index (χ3v) is 4.84. The van der Waals surface area contributed by atoms with Crippen LogP contribution < -0.4 is 15.8 Å². The summed E-state index contributed by atoms with van der Waals surface area (Å²) in [7, 11) is 1.55. The van der Waals surface area contributed by atoms with Gasteiger partial charge >= 0.3 is 0 Å². The number of amides is 1. The Morgan fingerprint density at radius 3 is 2.73 bits per heavy atom. The lowest BCUT2D eigenvalue weighted by atomic mass is 9.95. The molecule has 1 atom stereocenters. The molecule has 0 spiro atoms. The molecule has 1 aliphatic heterocycles. The molecule has 0 saturated carbocycles. The molecule has 1 aliphatic rings. The smallest absolute Gasteiger partial charge is 0.270 e. The van der Waals surface area contributed by atoms with Crippen molar-refractivity contribution in [2.45, 2.75) is 13.0 Å². The molecule has 3 N–H and O–H groups in total. The highest BCUT2D eigenvalue weighted by Crippen LogP contribution is 2.37. The van der Waals surface area contributed by atoms with Gasteiger partial charge in [-0.3, -0.25) is 14.9 Å². The molecule has 1 aromatic heterocycles. The maximum absolute atomic E-state index is 12.3. The van der Waals surface area contributed by atoms with Crippen molar-refractivity contribution in [1.82, 2.24) is 14.8 Å². The summed E-state index contributed by atoms with van der Waals surface area (Å²) in [6, 6.07) is 12.7. The number of nitrogens with two attached hydrogens (primary N) is 1. The van der Waals surface area contributed by atoms with Crippen LogP contribution in [-0.2, 0) is 4.79 Å². The second-order valence-electron chi connectivity index (χ2n) is 6.72. The van der Waals surface area contributed by atoms with E-state index in [2.05, 4.69) is 15.4 Å². The lowest BCUT2D eigenvalue weighted by molar-refractivity contribution is -0.384. The summed E-state index contributed by atoms with van der Waals surface area (Å²) in [4.78, 5) is 27.4. The number of fused-ring (bicyclic) bond motifs is 1. The molecule has 4 rings (SSSR count). The van der Waals surface area contributed by atoms with Crippen molar-refractivity contribution in [2.24, 2.45) is 5.73 Å². The largest absolute Gasteiger partial charge is 0.497 e. The zero-order chi connectivity index (χ0) is 21.4. The SMILES string of the molecule is COc1cccc(C2C(C(N)=O)=C(C)Nc3nc(-c4cccc([N+](=O)[O-])c4)nn32)c1. The zero-order valence-corrected chi connectivity index (χ0v) is 16.2. The average molecular weight is 406 g/mol. The fraction of sp³-hybridized carbons (Fsp3) is 0.150. The van der Waals surface area contributed by atoms with Gasteiger partial charge in [-0.2, -0.15) is 4.98 Å². The summed E-state index contributed by atoms with van der Waals surface area (Å²) in [6.07, 6.45) is 0. The van der Waals surface area contributed by atoms with Gasteiger partial charge in [0.15, 0.2) is 5.82 Å². The Kier molecular flexibility index (Phi) is 4.66. The Morgan fingerprint density at radius 2 is 2.03 bits per heavy atom. The van der Waals surface area contributed by atoms with Crippen LogP contribution in [0.15, 0.2) is 59.8 Å². The van der Waals surface area contributed by atoms with Gasteiger partial charge in [0.2, 0.25) is 11.9 Å². The number of allylic oxidation sites excluding steroid dienone is 1. The molecule has 0 bridgehead atoms. The molecule has 30 heavy (non-hydrogen) atoms. The first-order valence-electron chi connectivity index (χ1n) is 9.02. The van der Waals surface area contributed by atoms with Crippen molar-refractivity contribution in [3.63, 3.8) is 0 Å². The Balaban J connectivity index is 1.87. The maximum Gasteiger partial charge on any atom is 0.270 e. The van der Waals surface area contributed by atoms with Gasteiger partial charge in [-0.25, -0.2) is 4.68 Å². The minimum absolute atomic E-state index is 0.0651. The molecule has 10 heteroatoms. The van der Waals surface area contributed by atoms with Gasteiger partial charge in [0.25, 0.3) is 5.69 Å². The quantitative estimate of drug-likeness (QED) is 0.490. The fourth-order valence-corrected chi connectivity index (χ4v) is 3.47. The highest BCUT2D eigenvalue weighted by molar-refractivity contribution is 5.95. The maximum atomic E-state index is 12.3. The lowest BCUT2D eigenvalue weighted by Gasteiger charge is -2.27. The number of rotatable bonds is 5. The summed E-state index contributed by atoms with van der Waals surface area (Å²) in [5.41, 5.74) is 7.73. The van der Waals surface area contributed by atoms with Crippen LogP contribution in [-0.4, -0.2) is 32.7 Å². The predicted octanol–water partition coefficient (Wildman–Crippen LogP) is 2.64. The molecule has 2 heterocycles. The number of nitro groups is 1. The third-order valence-electron chi connectivity index (χ3n) is 4.84. The summed E-state index contributed by atoms with van der Waals surface area (Å²) in [5.74, 6) is 0.707. The Morgan fingerprint density at radius 1 is 1.27 bits per heavy atom. The molecule has 152 valence electrons. The van der Waals surface area contributed by atoms with Gasteiger partial charge < -0.3 is 15.8 Å². The second-order valence-corrected chi connectivity index (χ2v) is 6.72.